The van der Waals surface area contributed by atoms with Crippen molar-refractivity contribution in [3.05, 3.63) is 52.1 Å². The second kappa shape index (κ2) is 5.44. The molecule has 84 valence electrons. The molecule has 0 aliphatic rings. The van der Waals surface area contributed by atoms with Gasteiger partial charge in [0.15, 0.2) is 0 Å². The molecular formula is C11H9CaNO4. The first-order valence-corrected chi connectivity index (χ1v) is 4.50. The van der Waals surface area contributed by atoms with Crippen molar-refractivity contribution in [3.8, 4) is 0 Å². The van der Waals surface area contributed by atoms with Crippen LogP contribution in [0.25, 0.3) is 10.8 Å². The first-order chi connectivity index (χ1) is 7.59. The number of benzene rings is 2. The summed E-state index contributed by atoms with van der Waals surface area (Å²) in [5.74, 6) is -1.17. The number of carboxylic acids is 1. The van der Waals surface area contributed by atoms with Gasteiger partial charge in [0.05, 0.1) is 10.5 Å². The second-order valence-electron chi connectivity index (χ2n) is 3.28. The minimum atomic E-state index is -1.17. The standard InChI is InChI=1S/C11H7NO4.Ca.2H/c13-11(14)10-6-8(12(15)16)5-7-3-1-2-4-9(7)10;;;/h1-6H,(H,13,14);;;. The van der Waals surface area contributed by atoms with Gasteiger partial charge in [-0.15, -0.1) is 0 Å². The van der Waals surface area contributed by atoms with E-state index in [1.807, 2.05) is 0 Å². The monoisotopic (exact) mass is 259 g/mol. The number of nitrogens with zero attached hydrogens (tertiary/aromatic N) is 1. The molecule has 2 rings (SSSR count). The van der Waals surface area contributed by atoms with Gasteiger partial charge in [-0.1, -0.05) is 24.3 Å². The van der Waals surface area contributed by atoms with Crippen molar-refractivity contribution in [3.63, 3.8) is 0 Å². The van der Waals surface area contributed by atoms with Crippen LogP contribution in [-0.2, 0) is 0 Å². The Labute approximate surface area is 126 Å². The van der Waals surface area contributed by atoms with E-state index >= 15 is 0 Å². The number of nitro groups is 1. The number of carbonyl (C=O) groups is 1. The Kier molecular flexibility index (Phi) is 4.45. The molecule has 0 aliphatic carbocycles. The summed E-state index contributed by atoms with van der Waals surface area (Å²) in [6.45, 7) is 0. The molecule has 0 amide bonds. The second-order valence-corrected chi connectivity index (χ2v) is 3.28. The van der Waals surface area contributed by atoms with Crippen LogP contribution in [0.2, 0.25) is 0 Å². The number of fused-ring (bicyclic) bond motifs is 1. The summed E-state index contributed by atoms with van der Waals surface area (Å²) in [7, 11) is 0. The average Bonchev–Trinajstić information content (AvgIpc) is 2.27. The van der Waals surface area contributed by atoms with Crippen LogP contribution in [0.3, 0.4) is 0 Å². The van der Waals surface area contributed by atoms with Gasteiger partial charge in [-0.2, -0.15) is 0 Å². The zero-order valence-electron chi connectivity index (χ0n) is 8.08. The SMILES string of the molecule is O=C(O)c1cc([N+](=O)[O-])cc2ccccc12.[CaH2]. The van der Waals surface area contributed by atoms with Gasteiger partial charge in [0.25, 0.3) is 5.69 Å². The van der Waals surface area contributed by atoms with Crippen LogP contribution in [0, 0.1) is 10.1 Å². The third kappa shape index (κ3) is 2.74. The van der Waals surface area contributed by atoms with Crippen LogP contribution in [0.1, 0.15) is 10.4 Å². The number of hydrogen-bond acceptors (Lipinski definition) is 3. The molecule has 2 aromatic carbocycles. The normalized spacial score (nSPS) is 9.65. The quantitative estimate of drug-likeness (QED) is 0.504. The number of aromatic carboxylic acids is 1. The predicted molar refractivity (Wildman–Crippen MR) is 66.1 cm³/mol. The molecule has 0 heterocycles. The molecular weight excluding hydrogens is 250 g/mol. The van der Waals surface area contributed by atoms with Crippen molar-refractivity contribution in [1.29, 1.82) is 0 Å². The van der Waals surface area contributed by atoms with E-state index in [4.69, 9.17) is 5.11 Å². The van der Waals surface area contributed by atoms with Crippen LogP contribution >= 0.6 is 0 Å². The van der Waals surface area contributed by atoms with Crippen LogP contribution in [0.15, 0.2) is 36.4 Å². The Morgan fingerprint density at radius 1 is 1.24 bits per heavy atom. The summed E-state index contributed by atoms with van der Waals surface area (Å²) in [4.78, 5) is 21.0. The molecule has 1 N–H and O–H groups in total. The fourth-order valence-electron chi connectivity index (χ4n) is 1.58. The maximum atomic E-state index is 11.0. The fraction of sp³-hybridized carbons (Fsp3) is 0. The summed E-state index contributed by atoms with van der Waals surface area (Å²) in [6.07, 6.45) is 0. The molecule has 0 aliphatic heterocycles. The first kappa shape index (κ1) is 13.9. The molecule has 0 saturated carbocycles. The van der Waals surface area contributed by atoms with Gasteiger partial charge < -0.3 is 5.11 Å². The van der Waals surface area contributed by atoms with Crippen molar-refractivity contribution in [2.75, 3.05) is 0 Å². The molecule has 0 bridgehead atoms. The van der Waals surface area contributed by atoms with E-state index in [0.717, 1.165) is 6.07 Å². The van der Waals surface area contributed by atoms with E-state index in [-0.39, 0.29) is 49.0 Å². The molecule has 0 radical (unpaired) electrons. The Balaban J connectivity index is 0.00000144. The zero-order chi connectivity index (χ0) is 11.7. The van der Waals surface area contributed by atoms with Gasteiger partial charge in [0.1, 0.15) is 0 Å². The predicted octanol–water partition coefficient (Wildman–Crippen LogP) is 1.53. The maximum absolute atomic E-state index is 11.0. The molecule has 5 nitrogen and oxygen atoms in total. The van der Waals surface area contributed by atoms with Gasteiger partial charge in [-0.3, -0.25) is 10.1 Å². The molecule has 0 aromatic heterocycles. The number of nitro benzene ring substituents is 1. The average molecular weight is 259 g/mol. The van der Waals surface area contributed by atoms with Crippen LogP contribution in [0.5, 0.6) is 0 Å². The minimum absolute atomic E-state index is 0. The molecule has 0 atom stereocenters. The summed E-state index contributed by atoms with van der Waals surface area (Å²) >= 11 is 0. The molecule has 0 unspecified atom stereocenters. The van der Waals surface area contributed by atoms with Gasteiger partial charge in [0.2, 0.25) is 0 Å². The molecule has 17 heavy (non-hydrogen) atoms. The van der Waals surface area contributed by atoms with Gasteiger partial charge in [0, 0.05) is 12.1 Å². The first-order valence-electron chi connectivity index (χ1n) is 4.50. The van der Waals surface area contributed by atoms with E-state index < -0.39 is 10.9 Å². The van der Waals surface area contributed by atoms with Crippen molar-refractivity contribution in [1.82, 2.24) is 0 Å². The van der Waals surface area contributed by atoms with E-state index in [9.17, 15) is 14.9 Å². The molecule has 2 aromatic rings. The summed E-state index contributed by atoms with van der Waals surface area (Å²) in [5.41, 5.74) is -0.263. The van der Waals surface area contributed by atoms with Crippen molar-refractivity contribution in [2.24, 2.45) is 0 Å². The number of rotatable bonds is 2. The van der Waals surface area contributed by atoms with E-state index in [1.165, 1.54) is 6.07 Å². The Morgan fingerprint density at radius 2 is 1.88 bits per heavy atom. The third-order valence-corrected chi connectivity index (χ3v) is 2.29. The Hall–Kier alpha value is -1.17. The van der Waals surface area contributed by atoms with Gasteiger partial charge >= 0.3 is 43.7 Å². The van der Waals surface area contributed by atoms with E-state index in [0.29, 0.717) is 10.8 Å². The fourth-order valence-corrected chi connectivity index (χ4v) is 1.58. The summed E-state index contributed by atoms with van der Waals surface area (Å²) < 4.78 is 0. The van der Waals surface area contributed by atoms with Crippen LogP contribution < -0.4 is 0 Å². The van der Waals surface area contributed by atoms with Crippen molar-refractivity contribution in [2.45, 2.75) is 0 Å². The van der Waals surface area contributed by atoms with E-state index in [1.54, 1.807) is 24.3 Å². The number of carboxylic acid groups (broad SMARTS) is 1. The van der Waals surface area contributed by atoms with Gasteiger partial charge in [-0.25, -0.2) is 4.79 Å². The van der Waals surface area contributed by atoms with Crippen molar-refractivity contribution >= 4 is 60.2 Å². The van der Waals surface area contributed by atoms with Crippen LogP contribution in [0.4, 0.5) is 5.69 Å². The topological polar surface area (TPSA) is 80.4 Å². The zero-order valence-corrected chi connectivity index (χ0v) is 8.08. The van der Waals surface area contributed by atoms with E-state index in [2.05, 4.69) is 0 Å². The molecule has 6 heteroatoms. The summed E-state index contributed by atoms with van der Waals surface area (Å²) in [5, 5.41) is 20.6. The molecule has 0 spiro atoms. The van der Waals surface area contributed by atoms with Gasteiger partial charge in [-0.05, 0) is 10.8 Å². The molecule has 0 saturated heterocycles. The van der Waals surface area contributed by atoms with Crippen molar-refractivity contribution < 1.29 is 14.8 Å². The Morgan fingerprint density at radius 3 is 2.47 bits per heavy atom. The summed E-state index contributed by atoms with van der Waals surface area (Å²) in [6, 6.07) is 9.11. The third-order valence-electron chi connectivity index (χ3n) is 2.29. The van der Waals surface area contributed by atoms with Crippen LogP contribution in [-0.4, -0.2) is 53.7 Å². The molecule has 0 fully saturated rings. The Bertz CT molecular complexity index is 597. The number of hydrogen-bond donors (Lipinski definition) is 1. The number of non-ortho nitro benzene ring substituents is 1.